The minimum absolute atomic E-state index is 0.120. The molecule has 0 radical (unpaired) electrons. The molecule has 114 valence electrons. The molecular weight excluding hydrogens is 266 g/mol. The Kier molecular flexibility index (Phi) is 5.63. The highest BCUT2D eigenvalue weighted by atomic mass is 16.5. The predicted molar refractivity (Wildman–Crippen MR) is 82.8 cm³/mol. The summed E-state index contributed by atoms with van der Waals surface area (Å²) in [4.78, 5) is 0. The third-order valence-corrected chi connectivity index (χ3v) is 3.38. The lowest BCUT2D eigenvalue weighted by Gasteiger charge is -2.22. The maximum absolute atomic E-state index is 5.50. The predicted octanol–water partition coefficient (Wildman–Crippen LogP) is 2.64. The minimum atomic E-state index is 0.120. The van der Waals surface area contributed by atoms with Crippen LogP contribution in [0, 0.1) is 0 Å². The van der Waals surface area contributed by atoms with Gasteiger partial charge in [-0.05, 0) is 37.2 Å². The fraction of sp³-hybridized carbons (Fsp3) is 0.438. The largest absolute Gasteiger partial charge is 0.497 e. The number of ether oxygens (including phenoxy) is 2. The molecule has 2 aromatic rings. The van der Waals surface area contributed by atoms with Crippen LogP contribution in [0.4, 0.5) is 0 Å². The van der Waals surface area contributed by atoms with E-state index in [9.17, 15) is 0 Å². The summed E-state index contributed by atoms with van der Waals surface area (Å²) < 4.78 is 12.8. The number of nitrogens with one attached hydrogen (secondary N) is 1. The highest BCUT2D eigenvalue weighted by Crippen LogP contribution is 2.30. The topological polar surface area (TPSA) is 48.3 Å². The molecule has 1 heterocycles. The minimum Gasteiger partial charge on any atom is -0.497 e. The summed E-state index contributed by atoms with van der Waals surface area (Å²) in [6, 6.07) is 7.93. The summed E-state index contributed by atoms with van der Waals surface area (Å²) in [5.74, 6) is 1.69. The zero-order chi connectivity index (χ0) is 15.1. The standard InChI is InChI=1S/C16H23N3O2/c1-4-8-17-15(12-19-10-5-9-18-19)14-11-13(20-2)6-7-16(14)21-3/h5-7,9-11,15,17H,4,8,12H2,1-3H3. The van der Waals surface area contributed by atoms with Crippen LogP contribution < -0.4 is 14.8 Å². The van der Waals surface area contributed by atoms with Crippen molar-refractivity contribution in [2.24, 2.45) is 0 Å². The van der Waals surface area contributed by atoms with Gasteiger partial charge in [0.25, 0.3) is 0 Å². The first kappa shape index (κ1) is 15.4. The van der Waals surface area contributed by atoms with Crippen LogP contribution in [-0.2, 0) is 6.54 Å². The molecule has 1 aromatic carbocycles. The fourth-order valence-electron chi connectivity index (χ4n) is 2.30. The molecule has 5 nitrogen and oxygen atoms in total. The molecule has 0 saturated heterocycles. The zero-order valence-corrected chi connectivity index (χ0v) is 12.9. The summed E-state index contributed by atoms with van der Waals surface area (Å²) >= 11 is 0. The van der Waals surface area contributed by atoms with E-state index < -0.39 is 0 Å². The lowest BCUT2D eigenvalue weighted by Crippen LogP contribution is -2.27. The van der Waals surface area contributed by atoms with Gasteiger partial charge in [-0.25, -0.2) is 0 Å². The summed E-state index contributed by atoms with van der Waals surface area (Å²) in [7, 11) is 3.36. The summed E-state index contributed by atoms with van der Waals surface area (Å²) in [5.41, 5.74) is 1.08. The highest BCUT2D eigenvalue weighted by molar-refractivity contribution is 5.42. The van der Waals surface area contributed by atoms with E-state index in [2.05, 4.69) is 17.3 Å². The Labute approximate surface area is 125 Å². The second kappa shape index (κ2) is 7.69. The summed E-state index contributed by atoms with van der Waals surface area (Å²) in [5, 5.41) is 7.85. The lowest BCUT2D eigenvalue weighted by molar-refractivity contribution is 0.376. The van der Waals surface area contributed by atoms with Crippen molar-refractivity contribution >= 4 is 0 Å². The van der Waals surface area contributed by atoms with E-state index >= 15 is 0 Å². The summed E-state index contributed by atoms with van der Waals surface area (Å²) in [6.45, 7) is 3.84. The molecule has 0 aliphatic heterocycles. The quantitative estimate of drug-likeness (QED) is 0.811. The van der Waals surface area contributed by atoms with Crippen LogP contribution >= 0.6 is 0 Å². The van der Waals surface area contributed by atoms with E-state index in [0.717, 1.165) is 36.6 Å². The lowest BCUT2D eigenvalue weighted by atomic mass is 10.0. The van der Waals surface area contributed by atoms with Gasteiger partial charge >= 0.3 is 0 Å². The number of nitrogens with zero attached hydrogens (tertiary/aromatic N) is 2. The van der Waals surface area contributed by atoms with Crippen molar-refractivity contribution < 1.29 is 9.47 Å². The average molecular weight is 289 g/mol. The van der Waals surface area contributed by atoms with E-state index in [1.165, 1.54) is 0 Å². The zero-order valence-electron chi connectivity index (χ0n) is 12.9. The second-order valence-electron chi connectivity index (χ2n) is 4.84. The van der Waals surface area contributed by atoms with Gasteiger partial charge in [-0.2, -0.15) is 5.10 Å². The first-order valence-corrected chi connectivity index (χ1v) is 7.21. The Hall–Kier alpha value is -2.01. The Balaban J connectivity index is 2.29. The molecule has 1 atom stereocenters. The maximum atomic E-state index is 5.50. The molecule has 2 rings (SSSR count). The molecular formula is C16H23N3O2. The third-order valence-electron chi connectivity index (χ3n) is 3.38. The van der Waals surface area contributed by atoms with E-state index in [4.69, 9.17) is 9.47 Å². The molecule has 0 aliphatic rings. The van der Waals surface area contributed by atoms with Crippen molar-refractivity contribution in [1.82, 2.24) is 15.1 Å². The van der Waals surface area contributed by atoms with Crippen molar-refractivity contribution in [2.45, 2.75) is 25.9 Å². The van der Waals surface area contributed by atoms with Gasteiger partial charge in [-0.3, -0.25) is 4.68 Å². The van der Waals surface area contributed by atoms with Crippen LogP contribution in [0.25, 0.3) is 0 Å². The van der Waals surface area contributed by atoms with Crippen LogP contribution in [0.1, 0.15) is 24.9 Å². The van der Waals surface area contributed by atoms with Crippen molar-refractivity contribution in [3.8, 4) is 11.5 Å². The smallest absolute Gasteiger partial charge is 0.123 e. The van der Waals surface area contributed by atoms with Gasteiger partial charge in [-0.15, -0.1) is 0 Å². The number of benzene rings is 1. The molecule has 0 fully saturated rings. The van der Waals surface area contributed by atoms with Crippen molar-refractivity contribution in [3.63, 3.8) is 0 Å². The van der Waals surface area contributed by atoms with Crippen molar-refractivity contribution in [1.29, 1.82) is 0 Å². The van der Waals surface area contributed by atoms with E-state index in [-0.39, 0.29) is 6.04 Å². The molecule has 1 N–H and O–H groups in total. The van der Waals surface area contributed by atoms with Gasteiger partial charge in [-0.1, -0.05) is 6.92 Å². The van der Waals surface area contributed by atoms with E-state index in [1.54, 1.807) is 20.4 Å². The van der Waals surface area contributed by atoms with Crippen LogP contribution in [0.15, 0.2) is 36.7 Å². The average Bonchev–Trinajstić information content (AvgIpc) is 3.03. The van der Waals surface area contributed by atoms with Gasteiger partial charge < -0.3 is 14.8 Å². The van der Waals surface area contributed by atoms with Crippen LogP contribution in [0.3, 0.4) is 0 Å². The Bertz CT molecular complexity index is 540. The maximum Gasteiger partial charge on any atom is 0.123 e. The molecule has 0 aliphatic carbocycles. The van der Waals surface area contributed by atoms with Gasteiger partial charge in [0.1, 0.15) is 11.5 Å². The van der Waals surface area contributed by atoms with E-state index in [1.807, 2.05) is 35.1 Å². The second-order valence-corrected chi connectivity index (χ2v) is 4.84. The fourth-order valence-corrected chi connectivity index (χ4v) is 2.30. The van der Waals surface area contributed by atoms with E-state index in [0.29, 0.717) is 0 Å². The highest BCUT2D eigenvalue weighted by Gasteiger charge is 2.17. The summed E-state index contributed by atoms with van der Waals surface area (Å²) in [6.07, 6.45) is 4.83. The van der Waals surface area contributed by atoms with Crippen LogP contribution in [-0.4, -0.2) is 30.5 Å². The number of methoxy groups -OCH3 is 2. The van der Waals surface area contributed by atoms with Gasteiger partial charge in [0.15, 0.2) is 0 Å². The normalized spacial score (nSPS) is 12.1. The molecule has 0 amide bonds. The van der Waals surface area contributed by atoms with Gasteiger partial charge in [0.2, 0.25) is 0 Å². The Morgan fingerprint density at radius 2 is 2.14 bits per heavy atom. The molecule has 0 saturated carbocycles. The van der Waals surface area contributed by atoms with Crippen LogP contribution in [0.5, 0.6) is 11.5 Å². The monoisotopic (exact) mass is 289 g/mol. The first-order chi connectivity index (χ1) is 10.3. The van der Waals surface area contributed by atoms with Gasteiger partial charge in [0, 0.05) is 18.0 Å². The molecule has 0 bridgehead atoms. The third kappa shape index (κ3) is 3.98. The number of rotatable bonds is 8. The molecule has 5 heteroatoms. The molecule has 1 aromatic heterocycles. The van der Waals surface area contributed by atoms with Gasteiger partial charge in [0.05, 0.1) is 26.8 Å². The first-order valence-electron chi connectivity index (χ1n) is 7.21. The molecule has 21 heavy (non-hydrogen) atoms. The Morgan fingerprint density at radius 1 is 1.29 bits per heavy atom. The SMILES string of the molecule is CCCNC(Cn1cccn1)c1cc(OC)ccc1OC. The Morgan fingerprint density at radius 3 is 2.76 bits per heavy atom. The van der Waals surface area contributed by atoms with Crippen molar-refractivity contribution in [3.05, 3.63) is 42.2 Å². The number of aromatic nitrogens is 2. The molecule has 1 unspecified atom stereocenters. The molecule has 0 spiro atoms. The number of hydrogen-bond acceptors (Lipinski definition) is 4. The van der Waals surface area contributed by atoms with Crippen molar-refractivity contribution in [2.75, 3.05) is 20.8 Å². The van der Waals surface area contributed by atoms with Crippen LogP contribution in [0.2, 0.25) is 0 Å². The number of hydrogen-bond donors (Lipinski definition) is 1.